The topological polar surface area (TPSA) is 0 Å². The smallest absolute Gasteiger partial charge is 0.251 e. The van der Waals surface area contributed by atoms with Gasteiger partial charge in [-0.1, -0.05) is 45.4 Å². The van der Waals surface area contributed by atoms with E-state index in [0.29, 0.717) is 0 Å². The van der Waals surface area contributed by atoms with Gasteiger partial charge in [0.2, 0.25) is 0 Å². The van der Waals surface area contributed by atoms with Gasteiger partial charge in [0.05, 0.1) is 6.67 Å². The van der Waals surface area contributed by atoms with Crippen LogP contribution in [-0.2, 0) is 0 Å². The van der Waals surface area contributed by atoms with Crippen LogP contribution in [0.15, 0.2) is 0 Å². The Bertz CT molecular complexity index is 143. The molecule has 0 N–H and O–H groups in total. The molecule has 0 heterocycles. The summed E-state index contributed by atoms with van der Waals surface area (Å²) in [5, 5.41) is 0. The number of alkyl halides is 1. The van der Waals surface area contributed by atoms with Crippen molar-refractivity contribution < 1.29 is 4.39 Å². The van der Waals surface area contributed by atoms with Gasteiger partial charge in [0.25, 0.3) is 6.69 Å². The lowest BCUT2D eigenvalue weighted by Gasteiger charge is -2.13. The molecule has 0 bridgehead atoms. The first-order valence-electron chi connectivity index (χ1n) is 6.06. The van der Waals surface area contributed by atoms with E-state index in [9.17, 15) is 4.39 Å². The van der Waals surface area contributed by atoms with E-state index < -0.39 is 6.69 Å². The monoisotopic (exact) mass is 272 g/mol. The van der Waals surface area contributed by atoms with Crippen LogP contribution < -0.4 is 0 Å². The predicted octanol–water partition coefficient (Wildman–Crippen LogP) is 5.63. The summed E-state index contributed by atoms with van der Waals surface area (Å²) < 4.78 is 11.8. The highest BCUT2D eigenvalue weighted by molar-refractivity contribution is 7.45. The van der Waals surface area contributed by atoms with Gasteiger partial charge < -0.3 is 0 Å². The van der Waals surface area contributed by atoms with E-state index in [4.69, 9.17) is 22.2 Å². The molecule has 0 saturated heterocycles. The molecule has 0 aliphatic heterocycles. The minimum atomic E-state index is -1.86. The van der Waals surface area contributed by atoms with Gasteiger partial charge in [0.1, 0.15) is 0 Å². The Morgan fingerprint density at radius 1 is 0.867 bits per heavy atom. The van der Waals surface area contributed by atoms with Gasteiger partial charge in [0, 0.05) is 0 Å². The fraction of sp³-hybridized carbons (Fsp3) is 1.00. The van der Waals surface area contributed by atoms with E-state index in [1.54, 1.807) is 0 Å². The van der Waals surface area contributed by atoms with Crippen molar-refractivity contribution in [3.05, 3.63) is 0 Å². The van der Waals surface area contributed by atoms with Gasteiger partial charge >= 0.3 is 0 Å². The van der Waals surface area contributed by atoms with Crippen LogP contribution in [0, 0.1) is 0 Å². The summed E-state index contributed by atoms with van der Waals surface area (Å²) in [5.41, 5.74) is 0. The summed E-state index contributed by atoms with van der Waals surface area (Å²) in [7, 11) is 0. The highest BCUT2D eigenvalue weighted by atomic mass is 35.7. The van der Waals surface area contributed by atoms with Crippen LogP contribution in [-0.4, -0.2) is 13.4 Å². The molecule has 0 unspecified atom stereocenters. The first-order valence-corrected chi connectivity index (χ1v) is 10.5. The van der Waals surface area contributed by atoms with E-state index in [0.717, 1.165) is 31.4 Å². The molecular formula is C11H23Cl2FSi. The van der Waals surface area contributed by atoms with Crippen molar-refractivity contribution >= 4 is 28.9 Å². The van der Waals surface area contributed by atoms with E-state index >= 15 is 0 Å². The van der Waals surface area contributed by atoms with Crippen LogP contribution in [0.2, 0.25) is 12.1 Å². The molecule has 0 atom stereocenters. The second-order valence-electron chi connectivity index (χ2n) is 4.12. The zero-order chi connectivity index (χ0) is 11.6. The number of hydrogen-bond acceptors (Lipinski definition) is 0. The maximum Gasteiger partial charge on any atom is 0.251 e. The van der Waals surface area contributed by atoms with Crippen molar-refractivity contribution in [3.63, 3.8) is 0 Å². The van der Waals surface area contributed by atoms with E-state index in [2.05, 4.69) is 6.92 Å². The third-order valence-corrected chi connectivity index (χ3v) is 7.55. The second kappa shape index (κ2) is 9.92. The lowest BCUT2D eigenvalue weighted by molar-refractivity contribution is 0.450. The molecule has 15 heavy (non-hydrogen) atoms. The minimum Gasteiger partial charge on any atom is -0.251 e. The molecule has 0 aliphatic carbocycles. The van der Waals surface area contributed by atoms with Crippen molar-refractivity contribution in [1.29, 1.82) is 0 Å². The average Bonchev–Trinajstić information content (AvgIpc) is 2.22. The van der Waals surface area contributed by atoms with Gasteiger partial charge in [-0.05, 0) is 18.5 Å². The Balaban J connectivity index is 3.11. The SMILES string of the molecule is CC[Si](Cl)(Cl)CCCCCCCCCF. The Morgan fingerprint density at radius 3 is 1.80 bits per heavy atom. The third kappa shape index (κ3) is 11.0. The first kappa shape index (κ1) is 15.7. The molecule has 0 amide bonds. The van der Waals surface area contributed by atoms with Crippen molar-refractivity contribution in [3.8, 4) is 0 Å². The average molecular weight is 273 g/mol. The van der Waals surface area contributed by atoms with Crippen LogP contribution in [0.25, 0.3) is 0 Å². The highest BCUT2D eigenvalue weighted by Crippen LogP contribution is 2.27. The van der Waals surface area contributed by atoms with E-state index in [-0.39, 0.29) is 6.67 Å². The normalized spacial score (nSPS) is 12.0. The Kier molecular flexibility index (Phi) is 10.4. The summed E-state index contributed by atoms with van der Waals surface area (Å²) in [6, 6.07) is 1.98. The predicted molar refractivity (Wildman–Crippen MR) is 71.0 cm³/mol. The molecule has 0 radical (unpaired) electrons. The highest BCUT2D eigenvalue weighted by Gasteiger charge is 2.24. The summed E-state index contributed by atoms with van der Waals surface area (Å²) in [5.74, 6) is 0. The van der Waals surface area contributed by atoms with Crippen LogP contribution in [0.1, 0.15) is 51.9 Å². The standard InChI is InChI=1S/C11H23Cl2FSi/c1-2-15(12,13)11-9-7-5-3-4-6-8-10-14/h2-11H2,1H3. The summed E-state index contributed by atoms with van der Waals surface area (Å²) in [6.45, 7) is 0.0454. The van der Waals surface area contributed by atoms with Crippen LogP contribution in [0.3, 0.4) is 0 Å². The van der Waals surface area contributed by atoms with E-state index in [1.807, 2.05) is 0 Å². The minimum absolute atomic E-state index is 0.164. The van der Waals surface area contributed by atoms with Gasteiger partial charge in [-0.2, -0.15) is 0 Å². The maximum atomic E-state index is 11.8. The fourth-order valence-corrected chi connectivity index (χ4v) is 3.46. The maximum absolute atomic E-state index is 11.8. The van der Waals surface area contributed by atoms with Gasteiger partial charge in [-0.25, -0.2) is 0 Å². The molecule has 0 nitrogen and oxygen atoms in total. The largest absolute Gasteiger partial charge is 0.251 e. The molecule has 0 spiro atoms. The molecule has 92 valence electrons. The molecule has 4 heteroatoms. The first-order chi connectivity index (χ1) is 7.12. The van der Waals surface area contributed by atoms with Crippen molar-refractivity contribution in [2.75, 3.05) is 6.67 Å². The third-order valence-electron chi connectivity index (χ3n) is 2.69. The Labute approximate surface area is 104 Å². The molecular weight excluding hydrogens is 250 g/mol. The second-order valence-corrected chi connectivity index (χ2v) is 12.0. The number of hydrogen-bond donors (Lipinski definition) is 0. The van der Waals surface area contributed by atoms with Crippen molar-refractivity contribution in [2.24, 2.45) is 0 Å². The molecule has 0 rings (SSSR count). The molecule has 0 aliphatic rings. The van der Waals surface area contributed by atoms with Gasteiger partial charge in [-0.15, -0.1) is 22.2 Å². The number of rotatable bonds is 10. The fourth-order valence-electron chi connectivity index (χ4n) is 1.54. The van der Waals surface area contributed by atoms with Crippen LogP contribution >= 0.6 is 22.2 Å². The molecule has 0 aromatic carbocycles. The summed E-state index contributed by atoms with van der Waals surface area (Å²) >= 11 is 12.3. The number of unbranched alkanes of at least 4 members (excludes halogenated alkanes) is 6. The molecule has 0 fully saturated rings. The Hall–Kier alpha value is 0.727. The lowest BCUT2D eigenvalue weighted by atomic mass is 10.1. The zero-order valence-electron chi connectivity index (χ0n) is 9.70. The molecule has 0 aromatic rings. The van der Waals surface area contributed by atoms with Crippen LogP contribution in [0.5, 0.6) is 0 Å². The van der Waals surface area contributed by atoms with Crippen LogP contribution in [0.4, 0.5) is 4.39 Å². The van der Waals surface area contributed by atoms with Gasteiger partial charge in [0.15, 0.2) is 0 Å². The van der Waals surface area contributed by atoms with Gasteiger partial charge in [-0.3, -0.25) is 4.39 Å². The van der Waals surface area contributed by atoms with Crippen molar-refractivity contribution in [2.45, 2.75) is 64.0 Å². The van der Waals surface area contributed by atoms with Crippen molar-refractivity contribution in [1.82, 2.24) is 0 Å². The zero-order valence-corrected chi connectivity index (χ0v) is 12.2. The lowest BCUT2D eigenvalue weighted by Crippen LogP contribution is -2.16. The van der Waals surface area contributed by atoms with E-state index in [1.165, 1.54) is 25.7 Å². The molecule has 0 saturated carbocycles. The summed E-state index contributed by atoms with van der Waals surface area (Å²) in [6.07, 6.45) is 7.80. The number of halogens is 3. The quantitative estimate of drug-likeness (QED) is 0.275. The Morgan fingerprint density at radius 2 is 1.33 bits per heavy atom. The summed E-state index contributed by atoms with van der Waals surface area (Å²) in [4.78, 5) is 0. The molecule has 0 aromatic heterocycles.